The van der Waals surface area contributed by atoms with Gasteiger partial charge in [-0.1, -0.05) is 6.92 Å². The zero-order valence-corrected chi connectivity index (χ0v) is 17.7. The number of nitrogens with zero attached hydrogens (tertiary/aromatic N) is 2. The predicted molar refractivity (Wildman–Crippen MR) is 109 cm³/mol. The van der Waals surface area contributed by atoms with Crippen LogP contribution in [0.15, 0.2) is 29.2 Å². The minimum Gasteiger partial charge on any atom is -0.338 e. The SMILES string of the molecule is CNCC1CCN(C(=O)c2ccc(S(=O)(=O)N3CCC(C)CC3)cc2)C1.Cl. The van der Waals surface area contributed by atoms with Crippen molar-refractivity contribution in [2.75, 3.05) is 39.8 Å². The van der Waals surface area contributed by atoms with Gasteiger partial charge in [0, 0.05) is 31.7 Å². The number of carbonyl (C=O) groups is 1. The minimum absolute atomic E-state index is 0. The molecule has 1 N–H and O–H groups in total. The van der Waals surface area contributed by atoms with Crippen LogP contribution in [0.5, 0.6) is 0 Å². The number of sulfonamides is 1. The summed E-state index contributed by atoms with van der Waals surface area (Å²) in [5, 5.41) is 3.16. The van der Waals surface area contributed by atoms with Crippen molar-refractivity contribution in [2.45, 2.75) is 31.1 Å². The number of amides is 1. The number of benzene rings is 1. The number of rotatable bonds is 5. The summed E-state index contributed by atoms with van der Waals surface area (Å²) in [4.78, 5) is 14.8. The van der Waals surface area contributed by atoms with E-state index in [1.165, 1.54) is 0 Å². The first-order valence-corrected chi connectivity index (χ1v) is 10.9. The number of piperidine rings is 1. The van der Waals surface area contributed by atoms with Crippen molar-refractivity contribution in [1.29, 1.82) is 0 Å². The second kappa shape index (κ2) is 9.37. The van der Waals surface area contributed by atoms with E-state index in [-0.39, 0.29) is 23.2 Å². The van der Waals surface area contributed by atoms with Crippen molar-refractivity contribution in [3.63, 3.8) is 0 Å². The molecular weight excluding hydrogens is 386 g/mol. The van der Waals surface area contributed by atoms with Gasteiger partial charge in [0.15, 0.2) is 0 Å². The molecule has 1 unspecified atom stereocenters. The predicted octanol–water partition coefficient (Wildman–Crippen LogP) is 2.21. The Morgan fingerprint density at radius 3 is 2.33 bits per heavy atom. The Balaban J connectivity index is 0.00000261. The van der Waals surface area contributed by atoms with Gasteiger partial charge in [-0.2, -0.15) is 4.31 Å². The molecule has 1 atom stereocenters. The molecule has 0 aliphatic carbocycles. The molecule has 1 aromatic rings. The average Bonchev–Trinajstić information content (AvgIpc) is 3.10. The Labute approximate surface area is 168 Å². The van der Waals surface area contributed by atoms with Crippen LogP contribution in [-0.4, -0.2) is 63.3 Å². The van der Waals surface area contributed by atoms with E-state index in [0.29, 0.717) is 30.5 Å². The van der Waals surface area contributed by atoms with Crippen LogP contribution < -0.4 is 5.32 Å². The Kier molecular flexibility index (Phi) is 7.68. The number of carbonyl (C=O) groups excluding carboxylic acids is 1. The molecule has 152 valence electrons. The highest BCUT2D eigenvalue weighted by molar-refractivity contribution is 7.89. The topological polar surface area (TPSA) is 69.7 Å². The molecule has 0 saturated carbocycles. The van der Waals surface area contributed by atoms with Crippen molar-refractivity contribution in [2.24, 2.45) is 11.8 Å². The van der Waals surface area contributed by atoms with Gasteiger partial charge in [-0.3, -0.25) is 4.79 Å². The summed E-state index contributed by atoms with van der Waals surface area (Å²) in [5.41, 5.74) is 0.557. The van der Waals surface area contributed by atoms with E-state index in [1.54, 1.807) is 28.6 Å². The molecule has 2 saturated heterocycles. The first-order valence-electron chi connectivity index (χ1n) is 9.46. The second-order valence-electron chi connectivity index (χ2n) is 7.57. The number of hydrogen-bond acceptors (Lipinski definition) is 4. The van der Waals surface area contributed by atoms with Crippen molar-refractivity contribution >= 4 is 28.3 Å². The third-order valence-corrected chi connectivity index (χ3v) is 7.46. The van der Waals surface area contributed by atoms with E-state index in [9.17, 15) is 13.2 Å². The zero-order valence-electron chi connectivity index (χ0n) is 16.1. The maximum Gasteiger partial charge on any atom is 0.253 e. The molecule has 0 radical (unpaired) electrons. The number of likely N-dealkylation sites (tertiary alicyclic amines) is 1. The molecule has 1 aromatic carbocycles. The molecule has 2 aliphatic rings. The minimum atomic E-state index is -3.46. The van der Waals surface area contributed by atoms with Crippen LogP contribution in [0.25, 0.3) is 0 Å². The summed E-state index contributed by atoms with van der Waals surface area (Å²) in [5.74, 6) is 1.05. The van der Waals surface area contributed by atoms with E-state index in [4.69, 9.17) is 0 Å². The van der Waals surface area contributed by atoms with E-state index in [1.807, 2.05) is 11.9 Å². The molecule has 1 amide bonds. The van der Waals surface area contributed by atoms with Gasteiger partial charge < -0.3 is 10.2 Å². The largest absolute Gasteiger partial charge is 0.338 e. The molecule has 0 spiro atoms. The Hall–Kier alpha value is -1.15. The monoisotopic (exact) mass is 415 g/mol. The van der Waals surface area contributed by atoms with Crippen LogP contribution in [0.2, 0.25) is 0 Å². The third kappa shape index (κ3) is 5.02. The van der Waals surface area contributed by atoms with Crippen LogP contribution >= 0.6 is 12.4 Å². The Bertz CT molecular complexity index is 731. The van der Waals surface area contributed by atoms with Crippen molar-refractivity contribution < 1.29 is 13.2 Å². The third-order valence-electron chi connectivity index (χ3n) is 5.55. The fourth-order valence-corrected chi connectivity index (χ4v) is 5.27. The molecule has 27 heavy (non-hydrogen) atoms. The lowest BCUT2D eigenvalue weighted by molar-refractivity contribution is 0.0787. The van der Waals surface area contributed by atoms with Crippen molar-refractivity contribution in [1.82, 2.24) is 14.5 Å². The van der Waals surface area contributed by atoms with Gasteiger partial charge in [-0.25, -0.2) is 8.42 Å². The Morgan fingerprint density at radius 2 is 1.74 bits per heavy atom. The highest BCUT2D eigenvalue weighted by atomic mass is 35.5. The maximum absolute atomic E-state index is 12.8. The number of nitrogens with one attached hydrogen (secondary N) is 1. The molecule has 0 aromatic heterocycles. The van der Waals surface area contributed by atoms with Gasteiger partial charge in [0.05, 0.1) is 4.90 Å². The second-order valence-corrected chi connectivity index (χ2v) is 9.51. The molecule has 8 heteroatoms. The Morgan fingerprint density at radius 1 is 1.11 bits per heavy atom. The van der Waals surface area contributed by atoms with Gasteiger partial charge in [0.25, 0.3) is 5.91 Å². The lowest BCUT2D eigenvalue weighted by Crippen LogP contribution is -2.37. The van der Waals surface area contributed by atoms with Gasteiger partial charge in [0.1, 0.15) is 0 Å². The fraction of sp³-hybridized carbons (Fsp3) is 0.632. The number of hydrogen-bond donors (Lipinski definition) is 1. The molecule has 2 heterocycles. The quantitative estimate of drug-likeness (QED) is 0.800. The van der Waals surface area contributed by atoms with Gasteiger partial charge in [-0.05, 0) is 69.0 Å². The van der Waals surface area contributed by atoms with E-state index >= 15 is 0 Å². The van der Waals surface area contributed by atoms with Crippen LogP contribution in [0.4, 0.5) is 0 Å². The van der Waals surface area contributed by atoms with Crippen molar-refractivity contribution in [3.8, 4) is 0 Å². The first-order chi connectivity index (χ1) is 12.4. The lowest BCUT2D eigenvalue weighted by atomic mass is 10.0. The zero-order chi connectivity index (χ0) is 18.7. The summed E-state index contributed by atoms with van der Waals surface area (Å²) in [6.45, 7) is 5.73. The normalized spacial score (nSPS) is 21.9. The van der Waals surface area contributed by atoms with Gasteiger partial charge >= 0.3 is 0 Å². The highest BCUT2D eigenvalue weighted by Gasteiger charge is 2.29. The molecule has 2 aliphatic heterocycles. The van der Waals surface area contributed by atoms with Crippen LogP contribution in [0.3, 0.4) is 0 Å². The van der Waals surface area contributed by atoms with Gasteiger partial charge in [0.2, 0.25) is 10.0 Å². The van der Waals surface area contributed by atoms with Crippen LogP contribution in [-0.2, 0) is 10.0 Å². The summed E-state index contributed by atoms with van der Waals surface area (Å²) < 4.78 is 27.1. The maximum atomic E-state index is 12.8. The van der Waals surface area contributed by atoms with E-state index < -0.39 is 10.0 Å². The van der Waals surface area contributed by atoms with Crippen LogP contribution in [0.1, 0.15) is 36.5 Å². The molecular formula is C19H30ClN3O3S. The average molecular weight is 416 g/mol. The summed E-state index contributed by atoms with van der Waals surface area (Å²) >= 11 is 0. The fourth-order valence-electron chi connectivity index (χ4n) is 3.80. The summed E-state index contributed by atoms with van der Waals surface area (Å²) in [6.07, 6.45) is 2.81. The molecule has 0 bridgehead atoms. The number of halogens is 1. The summed E-state index contributed by atoms with van der Waals surface area (Å²) in [7, 11) is -1.54. The van der Waals surface area contributed by atoms with Crippen LogP contribution in [0, 0.1) is 11.8 Å². The van der Waals surface area contributed by atoms with Crippen molar-refractivity contribution in [3.05, 3.63) is 29.8 Å². The first kappa shape index (κ1) is 22.1. The molecule has 6 nitrogen and oxygen atoms in total. The smallest absolute Gasteiger partial charge is 0.253 e. The highest BCUT2D eigenvalue weighted by Crippen LogP contribution is 2.24. The summed E-state index contributed by atoms with van der Waals surface area (Å²) in [6, 6.07) is 6.43. The van der Waals surface area contributed by atoms with Gasteiger partial charge in [-0.15, -0.1) is 12.4 Å². The van der Waals surface area contributed by atoms with E-state index in [2.05, 4.69) is 12.2 Å². The molecule has 3 rings (SSSR count). The van der Waals surface area contributed by atoms with E-state index in [0.717, 1.165) is 38.9 Å². The lowest BCUT2D eigenvalue weighted by Gasteiger charge is -2.29. The standard InChI is InChI=1S/C19H29N3O3S.ClH/c1-15-7-11-22(12-8-15)26(24,25)18-5-3-17(4-6-18)19(23)21-10-9-16(14-21)13-20-2;/h3-6,15-16,20H,7-14H2,1-2H3;1H. The molecule has 2 fully saturated rings.